The number of phenolic OH excluding ortho intramolecular Hbond substituents is 1. The average molecular weight is 502 g/mol. The summed E-state index contributed by atoms with van der Waals surface area (Å²) in [6, 6.07) is 18.1. The number of aromatic hydroxyl groups is 1. The van der Waals surface area contributed by atoms with Crippen molar-refractivity contribution in [2.75, 3.05) is 16.4 Å². The van der Waals surface area contributed by atoms with E-state index in [-0.39, 0.29) is 17.1 Å². The van der Waals surface area contributed by atoms with Gasteiger partial charge in [-0.25, -0.2) is 0 Å². The van der Waals surface area contributed by atoms with Crippen LogP contribution in [0.2, 0.25) is 0 Å². The average Bonchev–Trinajstić information content (AvgIpc) is 2.73. The molecule has 0 aliphatic heterocycles. The summed E-state index contributed by atoms with van der Waals surface area (Å²) in [5.74, 6) is 0.0417. The first-order chi connectivity index (χ1) is 15.9. The van der Waals surface area contributed by atoms with Gasteiger partial charge >= 0.3 is 0 Å². The van der Waals surface area contributed by atoms with E-state index in [1.165, 1.54) is 18.2 Å². The molecular weight excluding hydrogens is 482 g/mol. The van der Waals surface area contributed by atoms with E-state index in [1.54, 1.807) is 48.5 Å². The fourth-order valence-electron chi connectivity index (χ4n) is 3.51. The molecule has 4 aromatic carbocycles. The predicted molar refractivity (Wildman–Crippen MR) is 129 cm³/mol. The Morgan fingerprint density at radius 2 is 1.44 bits per heavy atom. The minimum absolute atomic E-state index is 0.0417. The van der Waals surface area contributed by atoms with Crippen LogP contribution in [-0.2, 0) is 20.2 Å². The second-order valence-electron chi connectivity index (χ2n) is 7.35. The van der Waals surface area contributed by atoms with Crippen LogP contribution >= 0.6 is 0 Å². The molecule has 0 bridgehead atoms. The van der Waals surface area contributed by atoms with Gasteiger partial charge in [-0.2, -0.15) is 16.8 Å². The Balaban J connectivity index is 1.95. The summed E-state index contributed by atoms with van der Waals surface area (Å²) in [4.78, 5) is -2.05. The second-order valence-corrected chi connectivity index (χ2v) is 10.1. The lowest BCUT2D eigenvalue weighted by Gasteiger charge is -2.19. The number of nitrogens with one attached hydrogen (secondary N) is 2. The zero-order chi connectivity index (χ0) is 24.7. The molecule has 7 N–H and O–H groups in total. The number of benzene rings is 4. The van der Waals surface area contributed by atoms with Gasteiger partial charge in [-0.1, -0.05) is 18.2 Å². The van der Waals surface area contributed by atoms with Crippen LogP contribution in [0.1, 0.15) is 0 Å². The summed E-state index contributed by atoms with van der Waals surface area (Å²) < 4.78 is 67.9. The van der Waals surface area contributed by atoms with Crippen LogP contribution < -0.4 is 16.4 Å². The summed E-state index contributed by atoms with van der Waals surface area (Å²) in [7, 11) is -10.2. The lowest BCUT2D eigenvalue weighted by Crippen LogP contribution is -2.13. The number of hydrogen-bond acceptors (Lipinski definition) is 8. The molecule has 0 aliphatic rings. The monoisotopic (exact) mass is 501 g/mol. The standard InChI is InChI=1S/C22H19N3O7S2/c23-14-4-2-5-15(12-14)24-18-9-10-20(33(27,28)29)22(34(30,31)32)21(18)25-16-7-8-17-13(11-16)3-1-6-19(17)26/h1-12,24-26H,23H2,(H,27,28,29)(H,30,31,32). The largest absolute Gasteiger partial charge is 0.507 e. The number of rotatable bonds is 6. The third kappa shape index (κ3) is 4.75. The number of nitrogen functional groups attached to an aromatic ring is 1. The first-order valence-electron chi connectivity index (χ1n) is 9.67. The zero-order valence-electron chi connectivity index (χ0n) is 17.3. The van der Waals surface area contributed by atoms with E-state index in [4.69, 9.17) is 5.73 Å². The van der Waals surface area contributed by atoms with E-state index < -0.39 is 30.0 Å². The quantitative estimate of drug-likeness (QED) is 0.166. The van der Waals surface area contributed by atoms with Crippen molar-refractivity contribution in [2.45, 2.75) is 9.79 Å². The molecule has 0 radical (unpaired) electrons. The van der Waals surface area contributed by atoms with Gasteiger partial charge in [0.1, 0.15) is 15.5 Å². The van der Waals surface area contributed by atoms with Crippen LogP contribution in [0, 0.1) is 0 Å². The van der Waals surface area contributed by atoms with Crippen LogP contribution in [0.3, 0.4) is 0 Å². The highest BCUT2D eigenvalue weighted by Crippen LogP contribution is 2.39. The van der Waals surface area contributed by atoms with E-state index in [1.807, 2.05) is 0 Å². The molecule has 0 amide bonds. The van der Waals surface area contributed by atoms with Crippen molar-refractivity contribution >= 4 is 59.4 Å². The Hall–Kier alpha value is -3.84. The molecule has 0 atom stereocenters. The van der Waals surface area contributed by atoms with Crippen LogP contribution in [0.25, 0.3) is 10.8 Å². The number of hydrogen-bond donors (Lipinski definition) is 6. The van der Waals surface area contributed by atoms with Gasteiger partial charge < -0.3 is 21.5 Å². The van der Waals surface area contributed by atoms with Crippen LogP contribution in [0.5, 0.6) is 5.75 Å². The van der Waals surface area contributed by atoms with Crippen molar-refractivity contribution in [2.24, 2.45) is 0 Å². The van der Waals surface area contributed by atoms with Crippen molar-refractivity contribution in [3.63, 3.8) is 0 Å². The van der Waals surface area contributed by atoms with Gasteiger partial charge in [-0.3, -0.25) is 9.11 Å². The zero-order valence-corrected chi connectivity index (χ0v) is 18.9. The Morgan fingerprint density at radius 1 is 0.735 bits per heavy atom. The van der Waals surface area contributed by atoms with E-state index in [0.29, 0.717) is 27.8 Å². The first-order valence-corrected chi connectivity index (χ1v) is 12.5. The van der Waals surface area contributed by atoms with Gasteiger partial charge in [0.2, 0.25) is 0 Å². The van der Waals surface area contributed by atoms with Gasteiger partial charge in [0.25, 0.3) is 20.2 Å². The molecule has 0 saturated carbocycles. The molecule has 34 heavy (non-hydrogen) atoms. The lowest BCUT2D eigenvalue weighted by atomic mass is 10.1. The first kappa shape index (κ1) is 23.3. The van der Waals surface area contributed by atoms with Gasteiger partial charge in [0.15, 0.2) is 0 Å². The second kappa shape index (κ2) is 8.50. The fourth-order valence-corrected chi connectivity index (χ4v) is 5.46. The van der Waals surface area contributed by atoms with Gasteiger partial charge in [0, 0.05) is 22.4 Å². The maximum atomic E-state index is 12.3. The highest BCUT2D eigenvalue weighted by atomic mass is 32.2. The van der Waals surface area contributed by atoms with Crippen molar-refractivity contribution in [3.05, 3.63) is 72.8 Å². The van der Waals surface area contributed by atoms with Crippen LogP contribution in [0.4, 0.5) is 28.4 Å². The Kier molecular flexibility index (Phi) is 5.83. The summed E-state index contributed by atoms with van der Waals surface area (Å²) >= 11 is 0. The van der Waals surface area contributed by atoms with E-state index >= 15 is 0 Å². The molecule has 0 aromatic heterocycles. The number of phenols is 1. The summed E-state index contributed by atoms with van der Waals surface area (Å²) in [6.45, 7) is 0. The van der Waals surface area contributed by atoms with Crippen molar-refractivity contribution in [1.29, 1.82) is 0 Å². The molecule has 0 spiro atoms. The minimum atomic E-state index is -5.15. The smallest absolute Gasteiger partial charge is 0.298 e. The molecule has 10 nitrogen and oxygen atoms in total. The maximum absolute atomic E-state index is 12.3. The molecule has 0 heterocycles. The minimum Gasteiger partial charge on any atom is -0.507 e. The molecule has 4 aromatic rings. The third-order valence-corrected chi connectivity index (χ3v) is 6.91. The van der Waals surface area contributed by atoms with Crippen molar-refractivity contribution < 1.29 is 31.0 Å². The summed E-state index contributed by atoms with van der Waals surface area (Å²) in [5.41, 5.74) is 6.71. The molecule has 0 fully saturated rings. The fraction of sp³-hybridized carbons (Fsp3) is 0. The van der Waals surface area contributed by atoms with E-state index in [2.05, 4.69) is 10.6 Å². The highest BCUT2D eigenvalue weighted by Gasteiger charge is 2.30. The molecule has 0 saturated heterocycles. The molecule has 12 heteroatoms. The summed E-state index contributed by atoms with van der Waals surface area (Å²) in [5, 5.41) is 16.9. The SMILES string of the molecule is Nc1cccc(Nc2ccc(S(=O)(=O)O)c(S(=O)(=O)O)c2Nc2ccc3c(O)cccc3c2)c1. The van der Waals surface area contributed by atoms with Crippen molar-refractivity contribution in [3.8, 4) is 5.75 Å². The Labute approximate surface area is 195 Å². The summed E-state index contributed by atoms with van der Waals surface area (Å²) in [6.07, 6.45) is 0. The van der Waals surface area contributed by atoms with Crippen LogP contribution in [-0.4, -0.2) is 31.0 Å². The third-order valence-electron chi connectivity index (χ3n) is 4.95. The molecule has 0 aliphatic carbocycles. The van der Waals surface area contributed by atoms with Gasteiger partial charge in [-0.05, 0) is 60.0 Å². The lowest BCUT2D eigenvalue weighted by molar-refractivity contribution is 0.467. The predicted octanol–water partition coefficient (Wildman–Crippen LogP) is 4.11. The van der Waals surface area contributed by atoms with Gasteiger partial charge in [-0.15, -0.1) is 0 Å². The van der Waals surface area contributed by atoms with E-state index in [0.717, 1.165) is 6.07 Å². The van der Waals surface area contributed by atoms with Crippen molar-refractivity contribution in [1.82, 2.24) is 0 Å². The number of anilines is 5. The molecule has 176 valence electrons. The normalized spacial score (nSPS) is 11.9. The highest BCUT2D eigenvalue weighted by molar-refractivity contribution is 7.89. The Morgan fingerprint density at radius 3 is 2.12 bits per heavy atom. The molecule has 4 rings (SSSR count). The Bertz CT molecular complexity index is 1640. The maximum Gasteiger partial charge on any atom is 0.298 e. The number of fused-ring (bicyclic) bond motifs is 1. The van der Waals surface area contributed by atoms with Gasteiger partial charge in [0.05, 0.1) is 11.4 Å². The van der Waals surface area contributed by atoms with Crippen LogP contribution in [0.15, 0.2) is 82.6 Å². The molecule has 0 unspecified atom stereocenters. The number of nitrogens with two attached hydrogens (primary N) is 1. The topological polar surface area (TPSA) is 179 Å². The van der Waals surface area contributed by atoms with E-state index in [9.17, 15) is 31.0 Å². The molecular formula is C22H19N3O7S2.